The number of hydrogen-bond acceptors (Lipinski definition) is 2. The molecule has 1 aromatic carbocycles. The molecule has 2 rings (SSSR count). The van der Waals surface area contributed by atoms with Gasteiger partial charge in [0.25, 0.3) is 0 Å². The zero-order valence-electron chi connectivity index (χ0n) is 9.95. The molecule has 0 aromatic heterocycles. The van der Waals surface area contributed by atoms with Crippen molar-refractivity contribution in [3.8, 4) is 0 Å². The van der Waals surface area contributed by atoms with Crippen molar-refractivity contribution < 1.29 is 4.21 Å². The van der Waals surface area contributed by atoms with Gasteiger partial charge in [-0.1, -0.05) is 6.07 Å². The Kier molecular flexibility index (Phi) is 3.77. The smallest absolute Gasteiger partial charge is 0.0545 e. The lowest BCUT2D eigenvalue weighted by atomic mass is 10.1. The number of hydrogen-bond donors (Lipinski definition) is 1. The molecule has 16 heavy (non-hydrogen) atoms. The number of rotatable bonds is 4. The molecular weight excluding hydrogens is 218 g/mol. The molecule has 1 aliphatic carbocycles. The van der Waals surface area contributed by atoms with Gasteiger partial charge in [0.05, 0.1) is 10.8 Å². The van der Waals surface area contributed by atoms with E-state index in [9.17, 15) is 4.21 Å². The fraction of sp³-hybridized carbons (Fsp3) is 0.538. The maximum absolute atomic E-state index is 12.1. The molecule has 0 aliphatic heterocycles. The zero-order valence-corrected chi connectivity index (χ0v) is 10.8. The summed E-state index contributed by atoms with van der Waals surface area (Å²) in [5, 5.41) is 3.12. The summed E-state index contributed by atoms with van der Waals surface area (Å²) in [6, 6.07) is 6.62. The summed E-state index contributed by atoms with van der Waals surface area (Å²) < 4.78 is 12.1. The lowest BCUT2D eigenvalue weighted by Gasteiger charge is -2.10. The Morgan fingerprint density at radius 3 is 2.88 bits per heavy atom. The molecule has 0 spiro atoms. The van der Waals surface area contributed by atoms with Gasteiger partial charge in [0, 0.05) is 16.7 Å². The molecule has 0 bridgehead atoms. The molecule has 2 atom stereocenters. The number of aryl methyl sites for hydroxylation is 2. The molecule has 1 N–H and O–H groups in total. The number of fused-ring (bicyclic) bond motifs is 1. The second-order valence-electron chi connectivity index (χ2n) is 4.49. The van der Waals surface area contributed by atoms with Crippen LogP contribution in [0.4, 0.5) is 0 Å². The first-order chi connectivity index (χ1) is 7.70. The molecule has 0 radical (unpaired) electrons. The molecule has 88 valence electrons. The van der Waals surface area contributed by atoms with E-state index in [4.69, 9.17) is 0 Å². The summed E-state index contributed by atoms with van der Waals surface area (Å²) in [5.74, 6) is 0.690. The van der Waals surface area contributed by atoms with Gasteiger partial charge in [0.2, 0.25) is 0 Å². The van der Waals surface area contributed by atoms with Crippen molar-refractivity contribution in [3.05, 3.63) is 29.3 Å². The van der Waals surface area contributed by atoms with Crippen molar-refractivity contribution >= 4 is 10.8 Å². The van der Waals surface area contributed by atoms with Crippen molar-refractivity contribution in [2.24, 2.45) is 0 Å². The fourth-order valence-electron chi connectivity index (χ4n) is 2.10. The van der Waals surface area contributed by atoms with Crippen molar-refractivity contribution in [3.63, 3.8) is 0 Å². The second-order valence-corrected chi connectivity index (χ2v) is 5.98. The quantitative estimate of drug-likeness (QED) is 0.866. The van der Waals surface area contributed by atoms with Crippen LogP contribution in [0.5, 0.6) is 0 Å². The highest BCUT2D eigenvalue weighted by Crippen LogP contribution is 2.24. The first-order valence-electron chi connectivity index (χ1n) is 5.88. The Morgan fingerprint density at radius 1 is 1.38 bits per heavy atom. The van der Waals surface area contributed by atoms with E-state index in [0.29, 0.717) is 11.8 Å². The van der Waals surface area contributed by atoms with Gasteiger partial charge in [-0.25, -0.2) is 0 Å². The lowest BCUT2D eigenvalue weighted by Crippen LogP contribution is -2.27. The van der Waals surface area contributed by atoms with Crippen molar-refractivity contribution in [2.75, 3.05) is 12.8 Å². The van der Waals surface area contributed by atoms with Crippen LogP contribution < -0.4 is 5.32 Å². The molecule has 2 nitrogen and oxygen atoms in total. The van der Waals surface area contributed by atoms with Crippen LogP contribution in [0.1, 0.15) is 24.5 Å². The maximum Gasteiger partial charge on any atom is 0.0545 e. The standard InChI is InChI=1S/C13H19NOS/c1-10(14-2)9-16(15)13-7-6-11-4-3-5-12(11)8-13/h6-8,10,14H,3-5,9H2,1-2H3. The van der Waals surface area contributed by atoms with Crippen LogP contribution in [-0.4, -0.2) is 23.1 Å². The first-order valence-corrected chi connectivity index (χ1v) is 7.20. The molecule has 2 unspecified atom stereocenters. The van der Waals surface area contributed by atoms with E-state index in [1.807, 2.05) is 13.1 Å². The van der Waals surface area contributed by atoms with Gasteiger partial charge in [0.1, 0.15) is 0 Å². The molecule has 1 aromatic rings. The van der Waals surface area contributed by atoms with Gasteiger partial charge >= 0.3 is 0 Å². The van der Waals surface area contributed by atoms with Crippen LogP contribution in [0.3, 0.4) is 0 Å². The molecule has 0 amide bonds. The zero-order chi connectivity index (χ0) is 11.5. The topological polar surface area (TPSA) is 29.1 Å². The first kappa shape index (κ1) is 11.8. The van der Waals surface area contributed by atoms with Gasteiger partial charge in [-0.05, 0) is 56.5 Å². The minimum absolute atomic E-state index is 0.300. The third kappa shape index (κ3) is 2.53. The molecule has 3 heteroatoms. The predicted octanol–water partition coefficient (Wildman–Crippen LogP) is 1.89. The Balaban J connectivity index is 2.12. The minimum Gasteiger partial charge on any atom is -0.316 e. The normalized spacial score (nSPS) is 18.1. The Bertz CT molecular complexity index is 403. The summed E-state index contributed by atoms with van der Waals surface area (Å²) in [6.07, 6.45) is 3.59. The van der Waals surface area contributed by atoms with Gasteiger partial charge < -0.3 is 5.32 Å². The van der Waals surface area contributed by atoms with Crippen molar-refractivity contribution in [1.82, 2.24) is 5.32 Å². The molecule has 0 heterocycles. The van der Waals surface area contributed by atoms with Crippen LogP contribution in [0, 0.1) is 0 Å². The summed E-state index contributed by atoms with van der Waals surface area (Å²) in [5.41, 5.74) is 2.85. The molecule has 0 saturated heterocycles. The summed E-state index contributed by atoms with van der Waals surface area (Å²) >= 11 is 0. The monoisotopic (exact) mass is 237 g/mol. The molecule has 0 saturated carbocycles. The summed E-state index contributed by atoms with van der Waals surface area (Å²) in [6.45, 7) is 2.06. The largest absolute Gasteiger partial charge is 0.316 e. The minimum atomic E-state index is -0.868. The molecule has 1 aliphatic rings. The number of benzene rings is 1. The lowest BCUT2D eigenvalue weighted by molar-refractivity contribution is 0.646. The third-order valence-electron chi connectivity index (χ3n) is 3.23. The summed E-state index contributed by atoms with van der Waals surface area (Å²) in [4.78, 5) is 0.989. The molecule has 0 fully saturated rings. The van der Waals surface area contributed by atoms with Crippen molar-refractivity contribution in [2.45, 2.75) is 37.1 Å². The van der Waals surface area contributed by atoms with Crippen LogP contribution in [0.25, 0.3) is 0 Å². The van der Waals surface area contributed by atoms with Gasteiger partial charge in [-0.15, -0.1) is 0 Å². The van der Waals surface area contributed by atoms with E-state index in [1.54, 1.807) is 0 Å². The van der Waals surface area contributed by atoms with Crippen LogP contribution in [-0.2, 0) is 23.6 Å². The van der Waals surface area contributed by atoms with E-state index in [-0.39, 0.29) is 0 Å². The van der Waals surface area contributed by atoms with Gasteiger partial charge in [-0.3, -0.25) is 4.21 Å². The highest BCUT2D eigenvalue weighted by molar-refractivity contribution is 7.85. The van der Waals surface area contributed by atoms with Gasteiger partial charge in [0.15, 0.2) is 0 Å². The van der Waals surface area contributed by atoms with E-state index in [2.05, 4.69) is 24.4 Å². The fourth-order valence-corrected chi connectivity index (χ4v) is 3.40. The average Bonchev–Trinajstić information content (AvgIpc) is 2.75. The van der Waals surface area contributed by atoms with E-state index < -0.39 is 10.8 Å². The molecular formula is C13H19NOS. The summed E-state index contributed by atoms with van der Waals surface area (Å²) in [7, 11) is 1.04. The SMILES string of the molecule is CNC(C)CS(=O)c1ccc2c(c1)CCC2. The maximum atomic E-state index is 12.1. The third-order valence-corrected chi connectivity index (χ3v) is 4.81. The second kappa shape index (κ2) is 5.11. The predicted molar refractivity (Wildman–Crippen MR) is 68.3 cm³/mol. The Labute approximate surface area is 99.9 Å². The van der Waals surface area contributed by atoms with Gasteiger partial charge in [-0.2, -0.15) is 0 Å². The van der Waals surface area contributed by atoms with E-state index >= 15 is 0 Å². The highest BCUT2D eigenvalue weighted by atomic mass is 32.2. The Morgan fingerprint density at radius 2 is 2.12 bits per heavy atom. The van der Waals surface area contributed by atoms with E-state index in [0.717, 1.165) is 11.3 Å². The van der Waals surface area contributed by atoms with Crippen LogP contribution in [0.2, 0.25) is 0 Å². The van der Waals surface area contributed by atoms with Crippen LogP contribution >= 0.6 is 0 Å². The average molecular weight is 237 g/mol. The van der Waals surface area contributed by atoms with Crippen LogP contribution in [0.15, 0.2) is 23.1 Å². The highest BCUT2D eigenvalue weighted by Gasteiger charge is 2.14. The van der Waals surface area contributed by atoms with E-state index in [1.165, 1.54) is 24.0 Å². The number of nitrogens with one attached hydrogen (secondary N) is 1. The Hall–Kier alpha value is -0.670. The van der Waals surface area contributed by atoms with Crippen molar-refractivity contribution in [1.29, 1.82) is 0 Å².